The second kappa shape index (κ2) is 3.95. The maximum atomic E-state index is 4.44. The molecule has 3 nitrogen and oxygen atoms in total. The number of imidazole rings is 1. The van der Waals surface area contributed by atoms with Gasteiger partial charge in [0, 0.05) is 37.0 Å². The topological polar surface area (TPSA) is 21.7 Å². The Labute approximate surface area is 106 Å². The average Bonchev–Trinajstić information content (AvgIpc) is 2.80. The van der Waals surface area contributed by atoms with Crippen molar-refractivity contribution in [2.45, 2.75) is 6.92 Å². The molecule has 1 aromatic carbocycles. The predicted molar refractivity (Wildman–Crippen MR) is 72.1 cm³/mol. The van der Waals surface area contributed by atoms with E-state index < -0.39 is 0 Å². The van der Waals surface area contributed by atoms with E-state index in [1.165, 1.54) is 16.5 Å². The van der Waals surface area contributed by atoms with Crippen molar-refractivity contribution < 1.29 is 4.57 Å². The molecule has 3 heteroatoms. The highest BCUT2D eigenvalue weighted by Crippen LogP contribution is 2.20. The van der Waals surface area contributed by atoms with Crippen molar-refractivity contribution in [2.75, 3.05) is 0 Å². The predicted octanol–water partition coefficient (Wildman–Crippen LogP) is 2.37. The lowest BCUT2D eigenvalue weighted by Crippen LogP contribution is -2.33. The summed E-state index contributed by atoms with van der Waals surface area (Å²) in [4.78, 5) is 4.44. The van der Waals surface area contributed by atoms with Crippen LogP contribution in [-0.2, 0) is 14.1 Å². The SMILES string of the molecule is Cc1cc(-c2nccn2C)[n+](C)c2ccccc12. The van der Waals surface area contributed by atoms with Gasteiger partial charge in [-0.15, -0.1) is 0 Å². The number of hydrogen-bond donors (Lipinski definition) is 0. The molecular formula is C15H16N3+. The van der Waals surface area contributed by atoms with E-state index in [9.17, 15) is 0 Å². The summed E-state index contributed by atoms with van der Waals surface area (Å²) in [6.45, 7) is 2.15. The molecule has 0 spiro atoms. The van der Waals surface area contributed by atoms with E-state index in [2.05, 4.69) is 53.9 Å². The van der Waals surface area contributed by atoms with Crippen molar-refractivity contribution in [1.82, 2.24) is 9.55 Å². The van der Waals surface area contributed by atoms with Gasteiger partial charge in [-0.1, -0.05) is 12.1 Å². The lowest BCUT2D eigenvalue weighted by Gasteiger charge is -2.06. The molecule has 0 aliphatic heterocycles. The fourth-order valence-corrected chi connectivity index (χ4v) is 2.44. The van der Waals surface area contributed by atoms with Crippen LogP contribution in [0.1, 0.15) is 5.56 Å². The van der Waals surface area contributed by atoms with Crippen LogP contribution < -0.4 is 4.57 Å². The third-order valence-corrected chi connectivity index (χ3v) is 3.46. The Hall–Kier alpha value is -2.16. The molecule has 0 aliphatic rings. The Morgan fingerprint density at radius 2 is 2.00 bits per heavy atom. The standard InChI is InChI=1S/C15H16N3/c1-11-10-14(15-16-8-9-17(15)2)18(3)13-7-5-4-6-12(11)13/h4-10H,1-3H3/q+1. The van der Waals surface area contributed by atoms with E-state index in [1.807, 2.05) is 24.0 Å². The zero-order chi connectivity index (χ0) is 12.7. The molecule has 2 heterocycles. The molecule has 0 fully saturated rings. The molecule has 0 saturated heterocycles. The maximum absolute atomic E-state index is 4.44. The molecule has 3 aromatic rings. The summed E-state index contributed by atoms with van der Waals surface area (Å²) in [5.41, 5.74) is 3.65. The average molecular weight is 238 g/mol. The third kappa shape index (κ3) is 1.51. The zero-order valence-electron chi connectivity index (χ0n) is 10.9. The van der Waals surface area contributed by atoms with E-state index in [0.29, 0.717) is 0 Å². The summed E-state index contributed by atoms with van der Waals surface area (Å²) in [5.74, 6) is 0.992. The molecule has 18 heavy (non-hydrogen) atoms. The Morgan fingerprint density at radius 3 is 2.72 bits per heavy atom. The second-order valence-corrected chi connectivity index (χ2v) is 4.65. The minimum absolute atomic E-state index is 0.992. The summed E-state index contributed by atoms with van der Waals surface area (Å²) in [6, 6.07) is 10.7. The van der Waals surface area contributed by atoms with Crippen LogP contribution in [-0.4, -0.2) is 9.55 Å². The minimum atomic E-state index is 0.992. The number of pyridine rings is 1. The molecule has 0 aliphatic carbocycles. The van der Waals surface area contributed by atoms with Crippen molar-refractivity contribution in [3.05, 3.63) is 48.3 Å². The van der Waals surface area contributed by atoms with Crippen molar-refractivity contribution in [3.8, 4) is 11.5 Å². The molecule has 3 rings (SSSR count). The van der Waals surface area contributed by atoms with Crippen LogP contribution in [0.5, 0.6) is 0 Å². The number of aromatic nitrogens is 3. The number of nitrogens with zero attached hydrogens (tertiary/aromatic N) is 3. The Morgan fingerprint density at radius 1 is 1.22 bits per heavy atom. The molecule has 0 N–H and O–H groups in total. The van der Waals surface area contributed by atoms with Gasteiger partial charge in [0.15, 0.2) is 0 Å². The fourth-order valence-electron chi connectivity index (χ4n) is 2.44. The van der Waals surface area contributed by atoms with Crippen LogP contribution in [0.2, 0.25) is 0 Å². The number of rotatable bonds is 1. The largest absolute Gasteiger partial charge is 0.329 e. The quantitative estimate of drug-likeness (QED) is 0.596. The number of benzene rings is 1. The van der Waals surface area contributed by atoms with Crippen LogP contribution in [0, 0.1) is 6.92 Å². The van der Waals surface area contributed by atoms with Gasteiger partial charge in [0.25, 0.3) is 0 Å². The summed E-state index contributed by atoms with van der Waals surface area (Å²) in [6.07, 6.45) is 3.81. The summed E-state index contributed by atoms with van der Waals surface area (Å²) < 4.78 is 4.24. The van der Waals surface area contributed by atoms with E-state index >= 15 is 0 Å². The molecule has 0 unspecified atom stereocenters. The lowest BCUT2D eigenvalue weighted by molar-refractivity contribution is -0.634. The van der Waals surface area contributed by atoms with E-state index in [0.717, 1.165) is 11.5 Å². The maximum Gasteiger partial charge on any atom is 0.249 e. The molecular weight excluding hydrogens is 222 g/mol. The first kappa shape index (κ1) is 11.0. The van der Waals surface area contributed by atoms with Crippen molar-refractivity contribution in [1.29, 1.82) is 0 Å². The van der Waals surface area contributed by atoms with Gasteiger partial charge in [-0.05, 0) is 18.6 Å². The first-order valence-corrected chi connectivity index (χ1v) is 6.04. The van der Waals surface area contributed by atoms with Gasteiger partial charge in [0.05, 0.1) is 0 Å². The second-order valence-electron chi connectivity index (χ2n) is 4.65. The molecule has 0 radical (unpaired) electrons. The highest BCUT2D eigenvalue weighted by Gasteiger charge is 2.18. The number of para-hydroxylation sites is 1. The highest BCUT2D eigenvalue weighted by molar-refractivity contribution is 5.80. The molecule has 0 bridgehead atoms. The Balaban J connectivity index is 2.39. The van der Waals surface area contributed by atoms with Crippen LogP contribution in [0.4, 0.5) is 0 Å². The van der Waals surface area contributed by atoms with Crippen LogP contribution in [0.25, 0.3) is 22.4 Å². The van der Waals surface area contributed by atoms with Crippen LogP contribution in [0.3, 0.4) is 0 Å². The van der Waals surface area contributed by atoms with Crippen molar-refractivity contribution in [3.63, 3.8) is 0 Å². The molecule has 0 amide bonds. The monoisotopic (exact) mass is 238 g/mol. The number of hydrogen-bond acceptors (Lipinski definition) is 1. The Bertz CT molecular complexity index is 726. The van der Waals surface area contributed by atoms with E-state index in [1.54, 1.807) is 0 Å². The molecule has 0 atom stereocenters. The smallest absolute Gasteiger partial charge is 0.249 e. The highest BCUT2D eigenvalue weighted by atomic mass is 15.1. The molecule has 2 aromatic heterocycles. The van der Waals surface area contributed by atoms with Crippen LogP contribution >= 0.6 is 0 Å². The first-order chi connectivity index (χ1) is 8.68. The molecule has 90 valence electrons. The van der Waals surface area contributed by atoms with E-state index in [-0.39, 0.29) is 0 Å². The fraction of sp³-hybridized carbons (Fsp3) is 0.200. The third-order valence-electron chi connectivity index (χ3n) is 3.46. The van der Waals surface area contributed by atoms with Crippen molar-refractivity contribution in [2.24, 2.45) is 14.1 Å². The van der Waals surface area contributed by atoms with Gasteiger partial charge in [0.1, 0.15) is 7.05 Å². The van der Waals surface area contributed by atoms with Gasteiger partial charge in [0.2, 0.25) is 17.0 Å². The van der Waals surface area contributed by atoms with Crippen molar-refractivity contribution >= 4 is 10.9 Å². The van der Waals surface area contributed by atoms with Gasteiger partial charge in [-0.25, -0.2) is 4.98 Å². The normalized spacial score (nSPS) is 11.1. The van der Waals surface area contributed by atoms with E-state index in [4.69, 9.17) is 0 Å². The summed E-state index contributed by atoms with van der Waals surface area (Å²) >= 11 is 0. The number of aryl methyl sites for hydroxylation is 3. The summed E-state index contributed by atoms with van der Waals surface area (Å²) in [7, 11) is 4.11. The molecule has 0 saturated carbocycles. The number of fused-ring (bicyclic) bond motifs is 1. The van der Waals surface area contributed by atoms with Crippen LogP contribution in [0.15, 0.2) is 42.7 Å². The lowest BCUT2D eigenvalue weighted by atomic mass is 10.1. The zero-order valence-corrected chi connectivity index (χ0v) is 10.9. The first-order valence-electron chi connectivity index (χ1n) is 6.04. The van der Waals surface area contributed by atoms with Gasteiger partial charge in [-0.2, -0.15) is 4.57 Å². The Kier molecular flexibility index (Phi) is 2.40. The van der Waals surface area contributed by atoms with Gasteiger partial charge < -0.3 is 4.57 Å². The van der Waals surface area contributed by atoms with Gasteiger partial charge >= 0.3 is 0 Å². The minimum Gasteiger partial charge on any atom is -0.329 e. The van der Waals surface area contributed by atoms with Gasteiger partial charge in [-0.3, -0.25) is 0 Å². The summed E-state index contributed by atoms with van der Waals surface area (Å²) in [5, 5.41) is 1.29.